The molecule has 2 N–H and O–H groups in total. The molecule has 43 heavy (non-hydrogen) atoms. The first kappa shape index (κ1) is 30.4. The van der Waals surface area contributed by atoms with Gasteiger partial charge in [0.1, 0.15) is 16.5 Å². The van der Waals surface area contributed by atoms with Crippen molar-refractivity contribution < 1.29 is 28.6 Å². The zero-order chi connectivity index (χ0) is 30.5. The highest BCUT2D eigenvalue weighted by Crippen LogP contribution is 2.25. The lowest BCUT2D eigenvalue weighted by molar-refractivity contribution is -0.141. The van der Waals surface area contributed by atoms with E-state index in [1.54, 1.807) is 41.4 Å². The van der Waals surface area contributed by atoms with E-state index < -0.39 is 29.9 Å². The summed E-state index contributed by atoms with van der Waals surface area (Å²) in [5.41, 5.74) is 0.457. The van der Waals surface area contributed by atoms with Crippen LogP contribution >= 0.6 is 11.3 Å². The van der Waals surface area contributed by atoms with Crippen LogP contribution in [-0.4, -0.2) is 104 Å². The van der Waals surface area contributed by atoms with Crippen LogP contribution in [0.5, 0.6) is 0 Å². The summed E-state index contributed by atoms with van der Waals surface area (Å²) < 4.78 is 21.4. The first-order chi connectivity index (χ1) is 20.7. The summed E-state index contributed by atoms with van der Waals surface area (Å²) in [6.07, 6.45) is 4.25. The molecule has 2 aliphatic heterocycles. The minimum atomic E-state index is -1.12. The van der Waals surface area contributed by atoms with E-state index in [2.05, 4.69) is 20.6 Å². The lowest BCUT2D eigenvalue weighted by Crippen LogP contribution is -2.58. The number of carbonyl (C=O) groups is 3. The molecule has 2 saturated heterocycles. The number of carboxylic acid groups (broad SMARTS) is 1. The maximum absolute atomic E-state index is 14.8. The van der Waals surface area contributed by atoms with Crippen molar-refractivity contribution in [2.45, 2.75) is 32.4 Å². The molecule has 2 aliphatic rings. The molecule has 0 aliphatic carbocycles. The Morgan fingerprint density at radius 1 is 1.14 bits per heavy atom. The Morgan fingerprint density at radius 2 is 1.91 bits per heavy atom. The van der Waals surface area contributed by atoms with E-state index in [1.165, 1.54) is 27.0 Å². The highest BCUT2D eigenvalue weighted by Gasteiger charge is 2.39. The molecule has 2 aromatic heterocycles. The summed E-state index contributed by atoms with van der Waals surface area (Å²) in [6, 6.07) is 4.83. The van der Waals surface area contributed by atoms with Crippen molar-refractivity contribution in [2.75, 3.05) is 39.4 Å². The lowest BCUT2D eigenvalue weighted by Gasteiger charge is -2.40. The number of thiazole rings is 1. The number of rotatable bonds is 9. The fraction of sp³-hybridized carbons (Fsp3) is 0.448. The third kappa shape index (κ3) is 6.98. The minimum Gasteiger partial charge on any atom is -0.465 e. The van der Waals surface area contributed by atoms with Gasteiger partial charge in [-0.2, -0.15) is 0 Å². The number of benzene rings is 1. The van der Waals surface area contributed by atoms with Gasteiger partial charge in [-0.15, -0.1) is 16.4 Å². The van der Waals surface area contributed by atoms with Crippen molar-refractivity contribution >= 4 is 41.3 Å². The van der Waals surface area contributed by atoms with Gasteiger partial charge in [0.25, 0.3) is 0 Å². The number of ether oxygens (including phenoxy) is 1. The number of aromatic nitrogens is 4. The maximum Gasteiger partial charge on any atom is 0.407 e. The molecular weight excluding hydrogens is 577 g/mol. The molecule has 0 saturated carbocycles. The number of likely N-dealkylation sites (tertiary alicyclic amines) is 1. The van der Waals surface area contributed by atoms with Gasteiger partial charge in [0.15, 0.2) is 5.69 Å². The Balaban J connectivity index is 1.43. The number of piperidine rings is 1. The van der Waals surface area contributed by atoms with Crippen LogP contribution in [0.4, 0.5) is 9.18 Å². The number of halogens is 1. The molecule has 1 aromatic carbocycles. The van der Waals surface area contributed by atoms with Gasteiger partial charge in [-0.05, 0) is 36.6 Å². The van der Waals surface area contributed by atoms with E-state index in [1.807, 2.05) is 19.2 Å². The molecular formula is C29H34FN7O5S. The van der Waals surface area contributed by atoms with Crippen LogP contribution in [-0.2, 0) is 9.53 Å². The second-order valence-corrected chi connectivity index (χ2v) is 11.8. The van der Waals surface area contributed by atoms with E-state index in [-0.39, 0.29) is 47.8 Å². The van der Waals surface area contributed by atoms with Gasteiger partial charge in [-0.3, -0.25) is 9.59 Å². The van der Waals surface area contributed by atoms with Gasteiger partial charge in [0.05, 0.1) is 30.9 Å². The normalized spacial score (nSPS) is 20.1. The average molecular weight is 612 g/mol. The molecule has 2 amide bonds. The molecule has 0 bridgehead atoms. The number of nitrogens with zero attached hydrogens (tertiary/aromatic N) is 6. The summed E-state index contributed by atoms with van der Waals surface area (Å²) >= 11 is 1.40. The van der Waals surface area contributed by atoms with Crippen LogP contribution in [0.3, 0.4) is 0 Å². The largest absolute Gasteiger partial charge is 0.465 e. The van der Waals surface area contributed by atoms with E-state index in [0.717, 1.165) is 0 Å². The highest BCUT2D eigenvalue weighted by molar-refractivity contribution is 7.10. The zero-order valence-corrected chi connectivity index (χ0v) is 24.7. The van der Waals surface area contributed by atoms with Gasteiger partial charge in [0, 0.05) is 43.8 Å². The predicted molar refractivity (Wildman–Crippen MR) is 157 cm³/mol. The van der Waals surface area contributed by atoms with Crippen molar-refractivity contribution in [1.82, 2.24) is 35.1 Å². The number of carbonyl (C=O) groups excluding carboxylic acids is 2. The van der Waals surface area contributed by atoms with Crippen LogP contribution in [0, 0.1) is 17.7 Å². The second kappa shape index (κ2) is 13.5. The number of hydrogen-bond donors (Lipinski definition) is 2. The van der Waals surface area contributed by atoms with Gasteiger partial charge in [0.2, 0.25) is 11.7 Å². The lowest BCUT2D eigenvalue weighted by atomic mass is 9.90. The number of amides is 2. The third-order valence-electron chi connectivity index (χ3n) is 7.61. The number of nitrogens with one attached hydrogen (secondary N) is 1. The standard InChI is InChI=1S/C29H34FN7O5S/c1-18(2)25(32-20-15-19(16-36(17-20)29(40)41)28(39)35-10-12-42-13-11-35)27(38)26-23(7-8-24-31-9-14-43-24)37(34-33-26)22-6-4-3-5-21(22)30/h3-9,14,18-20,25,32H,10-13,15-17H2,1-2H3,(H,40,41)/b8-7+/t19-,20+,25?/m1/s1. The van der Waals surface area contributed by atoms with Crippen molar-refractivity contribution in [1.29, 1.82) is 0 Å². The predicted octanol–water partition coefficient (Wildman–Crippen LogP) is 3.06. The van der Waals surface area contributed by atoms with Gasteiger partial charge in [-0.25, -0.2) is 18.9 Å². The smallest absolute Gasteiger partial charge is 0.407 e. The molecule has 4 heterocycles. The number of Topliss-reactive ketones (excluding diaryl/α,β-unsaturated/α-hetero) is 1. The molecule has 3 aromatic rings. The molecule has 2 fully saturated rings. The molecule has 0 radical (unpaired) electrons. The van der Waals surface area contributed by atoms with Crippen molar-refractivity contribution in [3.8, 4) is 5.69 Å². The van der Waals surface area contributed by atoms with E-state index >= 15 is 0 Å². The topological polar surface area (TPSA) is 143 Å². The molecule has 0 spiro atoms. The molecule has 12 nitrogen and oxygen atoms in total. The molecule has 14 heteroatoms. The number of para-hydroxylation sites is 1. The first-order valence-electron chi connectivity index (χ1n) is 14.2. The second-order valence-electron chi connectivity index (χ2n) is 10.9. The monoisotopic (exact) mass is 611 g/mol. The van der Waals surface area contributed by atoms with Crippen LogP contribution in [0.1, 0.15) is 41.5 Å². The molecule has 1 unspecified atom stereocenters. The van der Waals surface area contributed by atoms with Crippen LogP contribution in [0.2, 0.25) is 0 Å². The quantitative estimate of drug-likeness (QED) is 0.349. The van der Waals surface area contributed by atoms with E-state index in [9.17, 15) is 23.9 Å². The Bertz CT molecular complexity index is 1470. The van der Waals surface area contributed by atoms with Crippen molar-refractivity contribution in [3.05, 3.63) is 58.1 Å². The van der Waals surface area contributed by atoms with E-state index in [0.29, 0.717) is 37.7 Å². The number of hydrogen-bond acceptors (Lipinski definition) is 9. The first-order valence-corrected chi connectivity index (χ1v) is 15.0. The SMILES string of the molecule is CC(C)C(N[C@H]1C[C@@H](C(=O)N2CCOCC2)CN(C(=O)O)C1)C(=O)c1nnn(-c2ccccc2F)c1/C=C/c1nccs1. The molecule has 5 rings (SSSR count). The number of morpholine rings is 1. The molecule has 228 valence electrons. The van der Waals surface area contributed by atoms with Crippen LogP contribution < -0.4 is 5.32 Å². The summed E-state index contributed by atoms with van der Waals surface area (Å²) in [4.78, 5) is 46.6. The minimum absolute atomic E-state index is 0.0362. The Morgan fingerprint density at radius 3 is 2.58 bits per heavy atom. The Kier molecular flexibility index (Phi) is 9.58. The summed E-state index contributed by atoms with van der Waals surface area (Å²) in [7, 11) is 0. The summed E-state index contributed by atoms with van der Waals surface area (Å²) in [5, 5.41) is 24.0. The van der Waals surface area contributed by atoms with Crippen molar-refractivity contribution in [3.63, 3.8) is 0 Å². The van der Waals surface area contributed by atoms with E-state index in [4.69, 9.17) is 4.74 Å². The fourth-order valence-corrected chi connectivity index (χ4v) is 5.98. The summed E-state index contributed by atoms with van der Waals surface area (Å²) in [6.45, 7) is 5.76. The fourth-order valence-electron chi connectivity index (χ4n) is 5.45. The maximum atomic E-state index is 14.8. The Hall–Kier alpha value is -4.01. The van der Waals surface area contributed by atoms with Gasteiger partial charge < -0.3 is 25.0 Å². The van der Waals surface area contributed by atoms with Crippen molar-refractivity contribution in [2.24, 2.45) is 11.8 Å². The van der Waals surface area contributed by atoms with Crippen LogP contribution in [0.25, 0.3) is 17.8 Å². The third-order valence-corrected chi connectivity index (χ3v) is 8.35. The Labute approximate surface area is 252 Å². The average Bonchev–Trinajstić information content (AvgIpc) is 3.68. The van der Waals surface area contributed by atoms with Gasteiger partial charge >= 0.3 is 6.09 Å². The van der Waals surface area contributed by atoms with Gasteiger partial charge in [-0.1, -0.05) is 31.2 Å². The van der Waals surface area contributed by atoms with Crippen LogP contribution in [0.15, 0.2) is 35.8 Å². The highest BCUT2D eigenvalue weighted by atomic mass is 32.1. The molecule has 3 atom stereocenters. The summed E-state index contributed by atoms with van der Waals surface area (Å²) in [5.74, 6) is -1.80. The zero-order valence-electron chi connectivity index (χ0n) is 23.9. The number of ketones is 1.